The molecular weight excluding hydrogens is 342 g/mol. The average Bonchev–Trinajstić information content (AvgIpc) is 3.07. The van der Waals surface area contributed by atoms with Crippen LogP contribution in [0.25, 0.3) is 11.0 Å². The van der Waals surface area contributed by atoms with Crippen LogP contribution in [0.2, 0.25) is 0 Å². The summed E-state index contributed by atoms with van der Waals surface area (Å²) >= 11 is 0. The largest absolute Gasteiger partial charge is 0.286 e. The molecule has 7 nitrogen and oxygen atoms in total. The molecule has 0 bridgehead atoms. The molecule has 1 aromatic heterocycles. The van der Waals surface area contributed by atoms with Crippen molar-refractivity contribution in [3.63, 3.8) is 0 Å². The summed E-state index contributed by atoms with van der Waals surface area (Å²) < 4.78 is 1.57. The van der Waals surface area contributed by atoms with Crippen molar-refractivity contribution in [2.45, 2.75) is 26.7 Å². The second-order valence-electron chi connectivity index (χ2n) is 6.59. The van der Waals surface area contributed by atoms with E-state index in [1.165, 1.54) is 5.01 Å². The number of benzene rings is 2. The highest BCUT2D eigenvalue weighted by Crippen LogP contribution is 2.25. The van der Waals surface area contributed by atoms with Crippen LogP contribution in [-0.2, 0) is 9.59 Å². The van der Waals surface area contributed by atoms with Crippen LogP contribution >= 0.6 is 0 Å². The zero-order valence-corrected chi connectivity index (χ0v) is 15.1. The van der Waals surface area contributed by atoms with Gasteiger partial charge < -0.3 is 0 Å². The first kappa shape index (κ1) is 17.0. The molecule has 0 spiro atoms. The van der Waals surface area contributed by atoms with Crippen LogP contribution < -0.4 is 10.4 Å². The van der Waals surface area contributed by atoms with Crippen molar-refractivity contribution < 1.29 is 9.59 Å². The predicted octanol–water partition coefficient (Wildman–Crippen LogP) is 2.91. The van der Waals surface area contributed by atoms with Crippen LogP contribution in [0.5, 0.6) is 0 Å². The summed E-state index contributed by atoms with van der Waals surface area (Å²) in [5.74, 6) is -0.464. The Morgan fingerprint density at radius 3 is 2.78 bits per heavy atom. The summed E-state index contributed by atoms with van der Waals surface area (Å²) in [6.07, 6.45) is 2.10. The van der Waals surface area contributed by atoms with Crippen molar-refractivity contribution >= 4 is 34.2 Å². The lowest BCUT2D eigenvalue weighted by molar-refractivity contribution is -0.118. The third kappa shape index (κ3) is 3.19. The Morgan fingerprint density at radius 1 is 1.11 bits per heavy atom. The number of rotatable bonds is 3. The van der Waals surface area contributed by atoms with Gasteiger partial charge in [0.1, 0.15) is 12.0 Å². The van der Waals surface area contributed by atoms with Crippen LogP contribution in [0.15, 0.2) is 53.9 Å². The minimum Gasteiger partial charge on any atom is -0.273 e. The number of anilines is 1. The molecule has 0 radical (unpaired) electrons. The number of hydrogen-bond donors (Lipinski definition) is 1. The van der Waals surface area contributed by atoms with Crippen molar-refractivity contribution in [3.8, 4) is 0 Å². The zero-order chi connectivity index (χ0) is 19.0. The van der Waals surface area contributed by atoms with Gasteiger partial charge in [0.2, 0.25) is 5.91 Å². The third-order valence-corrected chi connectivity index (χ3v) is 4.56. The molecule has 0 saturated carbocycles. The van der Waals surface area contributed by atoms with Crippen molar-refractivity contribution in [3.05, 3.63) is 59.9 Å². The van der Waals surface area contributed by atoms with E-state index in [1.807, 2.05) is 56.3 Å². The molecule has 27 heavy (non-hydrogen) atoms. The van der Waals surface area contributed by atoms with E-state index in [-0.39, 0.29) is 18.2 Å². The molecule has 2 heterocycles. The fraction of sp³-hybridized carbons (Fsp3) is 0.200. The van der Waals surface area contributed by atoms with E-state index in [9.17, 15) is 9.59 Å². The van der Waals surface area contributed by atoms with E-state index in [1.54, 1.807) is 11.0 Å². The maximum absolute atomic E-state index is 12.7. The second-order valence-corrected chi connectivity index (χ2v) is 6.59. The van der Waals surface area contributed by atoms with Gasteiger partial charge in [-0.2, -0.15) is 5.10 Å². The molecule has 2 aromatic carbocycles. The summed E-state index contributed by atoms with van der Waals surface area (Å²) in [5.41, 5.74) is 7.36. The number of amides is 2. The van der Waals surface area contributed by atoms with E-state index in [0.29, 0.717) is 17.8 Å². The van der Waals surface area contributed by atoms with Gasteiger partial charge in [0, 0.05) is 12.8 Å². The third-order valence-electron chi connectivity index (χ3n) is 4.56. The molecule has 0 fully saturated rings. The standard InChI is InChI=1S/C20H19N5O2/c1-13-7-8-14(2)18(11-13)25-19(26)10-9-16(22-25)20(27)23-24-12-21-15-5-3-4-6-17(15)24/h3-8,11-12H,9-10H2,1-2H3,(H,23,27). The predicted molar refractivity (Wildman–Crippen MR) is 104 cm³/mol. The minimum atomic E-state index is -0.346. The summed E-state index contributed by atoms with van der Waals surface area (Å²) in [4.78, 5) is 29.4. The fourth-order valence-electron chi connectivity index (χ4n) is 3.07. The van der Waals surface area contributed by atoms with Crippen molar-refractivity contribution in [2.24, 2.45) is 5.10 Å². The molecular formula is C20H19N5O2. The number of hydrogen-bond acceptors (Lipinski definition) is 4. The maximum Gasteiger partial charge on any atom is 0.286 e. The first-order chi connectivity index (χ1) is 13.0. The Balaban J connectivity index is 1.63. The molecule has 1 aliphatic heterocycles. The van der Waals surface area contributed by atoms with E-state index in [4.69, 9.17) is 0 Å². The molecule has 0 unspecified atom stereocenters. The number of nitrogens with one attached hydrogen (secondary N) is 1. The first-order valence-corrected chi connectivity index (χ1v) is 8.74. The topological polar surface area (TPSA) is 79.6 Å². The summed E-state index contributed by atoms with van der Waals surface area (Å²) in [6.45, 7) is 3.88. The van der Waals surface area contributed by atoms with Gasteiger partial charge in [-0.1, -0.05) is 24.3 Å². The highest BCUT2D eigenvalue weighted by molar-refractivity contribution is 6.43. The van der Waals surface area contributed by atoms with Crippen molar-refractivity contribution in [1.82, 2.24) is 9.66 Å². The van der Waals surface area contributed by atoms with Gasteiger partial charge >= 0.3 is 0 Å². The van der Waals surface area contributed by atoms with E-state index < -0.39 is 0 Å². The maximum atomic E-state index is 12.7. The molecule has 4 rings (SSSR count). The van der Waals surface area contributed by atoms with Crippen molar-refractivity contribution in [2.75, 3.05) is 10.4 Å². The van der Waals surface area contributed by atoms with Crippen LogP contribution in [-0.4, -0.2) is 27.2 Å². The first-order valence-electron chi connectivity index (χ1n) is 8.74. The molecule has 136 valence electrons. The highest BCUT2D eigenvalue weighted by Gasteiger charge is 2.27. The van der Waals surface area contributed by atoms with Crippen molar-refractivity contribution in [1.29, 1.82) is 0 Å². The summed E-state index contributed by atoms with van der Waals surface area (Å²) in [5, 5.41) is 5.69. The summed E-state index contributed by atoms with van der Waals surface area (Å²) in [6, 6.07) is 13.3. The molecule has 0 saturated heterocycles. The number of nitrogens with zero attached hydrogens (tertiary/aromatic N) is 4. The van der Waals surface area contributed by atoms with Gasteiger partial charge in [-0.25, -0.2) is 14.7 Å². The van der Waals surface area contributed by atoms with Gasteiger partial charge in [-0.3, -0.25) is 15.0 Å². The number of aryl methyl sites for hydroxylation is 2. The lowest BCUT2D eigenvalue weighted by Gasteiger charge is -2.24. The lowest BCUT2D eigenvalue weighted by atomic mass is 10.1. The number of fused-ring (bicyclic) bond motifs is 1. The minimum absolute atomic E-state index is 0.117. The van der Waals surface area contributed by atoms with Gasteiger partial charge in [-0.05, 0) is 43.2 Å². The number of para-hydroxylation sites is 2. The van der Waals surface area contributed by atoms with E-state index in [2.05, 4.69) is 15.5 Å². The number of aromatic nitrogens is 2. The fourth-order valence-corrected chi connectivity index (χ4v) is 3.07. The monoisotopic (exact) mass is 361 g/mol. The Hall–Kier alpha value is -3.48. The van der Waals surface area contributed by atoms with Gasteiger partial charge in [-0.15, -0.1) is 0 Å². The Morgan fingerprint density at radius 2 is 1.93 bits per heavy atom. The SMILES string of the molecule is Cc1ccc(C)c(N2N=C(C(=O)Nn3cnc4ccccc43)CCC2=O)c1. The molecule has 0 aliphatic carbocycles. The molecule has 1 aliphatic rings. The average molecular weight is 361 g/mol. The number of hydrazone groups is 1. The van der Waals surface area contributed by atoms with Gasteiger partial charge in [0.25, 0.3) is 5.91 Å². The molecule has 3 aromatic rings. The molecule has 0 atom stereocenters. The Kier molecular flexibility index (Phi) is 4.19. The smallest absolute Gasteiger partial charge is 0.273 e. The normalized spacial score (nSPS) is 14.4. The van der Waals surface area contributed by atoms with Crippen LogP contribution in [0.1, 0.15) is 24.0 Å². The summed E-state index contributed by atoms with van der Waals surface area (Å²) in [7, 11) is 0. The Bertz CT molecular complexity index is 1080. The molecule has 7 heteroatoms. The zero-order valence-electron chi connectivity index (χ0n) is 15.1. The van der Waals surface area contributed by atoms with E-state index in [0.717, 1.165) is 22.2 Å². The Labute approximate surface area is 156 Å². The molecule has 1 N–H and O–H groups in total. The second kappa shape index (κ2) is 6.68. The van der Waals surface area contributed by atoms with E-state index >= 15 is 0 Å². The quantitative estimate of drug-likeness (QED) is 0.779. The number of carbonyl (C=O) groups excluding carboxylic acids is 2. The highest BCUT2D eigenvalue weighted by atomic mass is 16.2. The van der Waals surface area contributed by atoms with Gasteiger partial charge in [0.05, 0.1) is 16.7 Å². The van der Waals surface area contributed by atoms with Gasteiger partial charge in [0.15, 0.2) is 0 Å². The number of carbonyl (C=O) groups is 2. The van der Waals surface area contributed by atoms with Crippen LogP contribution in [0.3, 0.4) is 0 Å². The van der Waals surface area contributed by atoms with Crippen LogP contribution in [0, 0.1) is 13.8 Å². The van der Waals surface area contributed by atoms with Crippen LogP contribution in [0.4, 0.5) is 5.69 Å². The number of imidazole rings is 1. The molecule has 2 amide bonds. The lowest BCUT2D eigenvalue weighted by Crippen LogP contribution is -2.38.